The van der Waals surface area contributed by atoms with Gasteiger partial charge in [0.25, 0.3) is 5.91 Å². The lowest BCUT2D eigenvalue weighted by Gasteiger charge is -2.27. The van der Waals surface area contributed by atoms with E-state index < -0.39 is 6.04 Å². The first kappa shape index (κ1) is 12.6. The van der Waals surface area contributed by atoms with Gasteiger partial charge in [-0.15, -0.1) is 0 Å². The van der Waals surface area contributed by atoms with Gasteiger partial charge < -0.3 is 9.64 Å². The Morgan fingerprint density at radius 2 is 1.89 bits per heavy atom. The van der Waals surface area contributed by atoms with E-state index in [2.05, 4.69) is 0 Å². The highest BCUT2D eigenvalue weighted by Crippen LogP contribution is 2.30. The average molecular weight is 247 g/mol. The van der Waals surface area contributed by atoms with E-state index >= 15 is 0 Å². The number of hydrogen-bond acceptors (Lipinski definition) is 3. The van der Waals surface area contributed by atoms with Crippen molar-refractivity contribution in [2.24, 2.45) is 0 Å². The van der Waals surface area contributed by atoms with Crippen molar-refractivity contribution in [3.8, 4) is 0 Å². The monoisotopic (exact) mass is 247 g/mol. The number of amides is 1. The fourth-order valence-electron chi connectivity index (χ4n) is 2.02. The zero-order chi connectivity index (χ0) is 13.1. The van der Waals surface area contributed by atoms with Gasteiger partial charge in [0, 0.05) is 11.6 Å². The van der Waals surface area contributed by atoms with E-state index in [4.69, 9.17) is 4.74 Å². The molecule has 1 fully saturated rings. The molecule has 0 spiro atoms. The van der Waals surface area contributed by atoms with Crippen molar-refractivity contribution in [2.75, 3.05) is 7.11 Å². The highest BCUT2D eigenvalue weighted by atomic mass is 16.5. The molecule has 1 aliphatic rings. The van der Waals surface area contributed by atoms with Crippen LogP contribution in [0, 0.1) is 0 Å². The summed E-state index contributed by atoms with van der Waals surface area (Å²) in [5.74, 6) is -0.470. The molecular weight excluding hydrogens is 230 g/mol. The van der Waals surface area contributed by atoms with E-state index in [1.807, 2.05) is 18.2 Å². The standard InChI is InChI=1S/C14H17NO3/c1-10(14(17)18-2)15(12-8-9-12)13(16)11-6-4-3-5-7-11/h3-7,10,12H,8-9H2,1-2H3/t10-/m0/s1. The van der Waals surface area contributed by atoms with Gasteiger partial charge in [0.05, 0.1) is 7.11 Å². The predicted octanol–water partition coefficient (Wildman–Crippen LogP) is 1.85. The van der Waals surface area contributed by atoms with Crippen LogP contribution in [0.4, 0.5) is 0 Å². The topological polar surface area (TPSA) is 46.6 Å². The fraction of sp³-hybridized carbons (Fsp3) is 0.429. The molecule has 0 bridgehead atoms. The van der Waals surface area contributed by atoms with Crippen LogP contribution in [-0.4, -0.2) is 36.0 Å². The van der Waals surface area contributed by atoms with E-state index in [9.17, 15) is 9.59 Å². The first-order valence-corrected chi connectivity index (χ1v) is 6.10. The van der Waals surface area contributed by atoms with Gasteiger partial charge in [-0.25, -0.2) is 4.79 Å². The Morgan fingerprint density at radius 1 is 1.28 bits per heavy atom. The van der Waals surface area contributed by atoms with Crippen LogP contribution >= 0.6 is 0 Å². The van der Waals surface area contributed by atoms with Crippen LogP contribution in [0.3, 0.4) is 0 Å². The summed E-state index contributed by atoms with van der Waals surface area (Å²) in [5, 5.41) is 0. The molecule has 1 amide bonds. The summed E-state index contributed by atoms with van der Waals surface area (Å²) in [4.78, 5) is 25.7. The number of rotatable bonds is 4. The SMILES string of the molecule is COC(=O)[C@H](C)N(C(=O)c1ccccc1)C1CC1. The summed E-state index contributed by atoms with van der Waals surface area (Å²) in [6.45, 7) is 1.71. The van der Waals surface area contributed by atoms with Gasteiger partial charge in [-0.2, -0.15) is 0 Å². The number of carbonyl (C=O) groups is 2. The third kappa shape index (κ3) is 2.53. The van der Waals surface area contributed by atoms with Crippen molar-refractivity contribution in [1.29, 1.82) is 0 Å². The van der Waals surface area contributed by atoms with E-state index in [0.29, 0.717) is 5.56 Å². The Morgan fingerprint density at radius 3 is 2.39 bits per heavy atom. The van der Waals surface area contributed by atoms with E-state index in [1.54, 1.807) is 24.0 Å². The highest BCUT2D eigenvalue weighted by Gasteiger charge is 2.39. The largest absolute Gasteiger partial charge is 0.467 e. The van der Waals surface area contributed by atoms with Gasteiger partial charge in [-0.3, -0.25) is 4.79 Å². The summed E-state index contributed by atoms with van der Waals surface area (Å²) in [7, 11) is 1.34. The Balaban J connectivity index is 2.20. The molecule has 1 aromatic rings. The second-order valence-corrected chi connectivity index (χ2v) is 4.51. The van der Waals surface area contributed by atoms with Crippen molar-refractivity contribution in [1.82, 2.24) is 4.90 Å². The molecule has 0 aromatic heterocycles. The summed E-state index contributed by atoms with van der Waals surface area (Å²) >= 11 is 0. The number of benzene rings is 1. The Hall–Kier alpha value is -1.84. The van der Waals surface area contributed by atoms with Crippen molar-refractivity contribution in [2.45, 2.75) is 31.8 Å². The van der Waals surface area contributed by atoms with Crippen molar-refractivity contribution in [3.63, 3.8) is 0 Å². The van der Waals surface area contributed by atoms with Gasteiger partial charge in [0.1, 0.15) is 6.04 Å². The second-order valence-electron chi connectivity index (χ2n) is 4.51. The minimum absolute atomic E-state index is 0.101. The number of hydrogen-bond donors (Lipinski definition) is 0. The minimum atomic E-state index is -0.532. The summed E-state index contributed by atoms with van der Waals surface area (Å²) in [6, 6.07) is 8.68. The Kier molecular flexibility index (Phi) is 3.65. The molecule has 18 heavy (non-hydrogen) atoms. The molecule has 4 nitrogen and oxygen atoms in total. The lowest BCUT2D eigenvalue weighted by Crippen LogP contribution is -2.45. The number of ether oxygens (including phenoxy) is 1. The van der Waals surface area contributed by atoms with Crippen LogP contribution in [0.15, 0.2) is 30.3 Å². The number of carbonyl (C=O) groups excluding carboxylic acids is 2. The third-order valence-corrected chi connectivity index (χ3v) is 3.16. The number of nitrogens with zero attached hydrogens (tertiary/aromatic N) is 1. The van der Waals surface area contributed by atoms with Crippen LogP contribution in [0.1, 0.15) is 30.1 Å². The average Bonchev–Trinajstić information content (AvgIpc) is 3.23. The predicted molar refractivity (Wildman–Crippen MR) is 67.1 cm³/mol. The van der Waals surface area contributed by atoms with Gasteiger partial charge in [0.15, 0.2) is 0 Å². The number of methoxy groups -OCH3 is 1. The van der Waals surface area contributed by atoms with Gasteiger partial charge in [-0.05, 0) is 31.9 Å². The van der Waals surface area contributed by atoms with E-state index in [0.717, 1.165) is 12.8 Å². The third-order valence-electron chi connectivity index (χ3n) is 3.16. The quantitative estimate of drug-likeness (QED) is 0.763. The van der Waals surface area contributed by atoms with E-state index in [1.165, 1.54) is 7.11 Å². The zero-order valence-electron chi connectivity index (χ0n) is 10.6. The maximum Gasteiger partial charge on any atom is 0.328 e. The molecule has 0 radical (unpaired) electrons. The molecule has 0 aliphatic heterocycles. The second kappa shape index (κ2) is 5.21. The zero-order valence-corrected chi connectivity index (χ0v) is 10.6. The number of esters is 1. The summed E-state index contributed by atoms with van der Waals surface area (Å²) in [6.07, 6.45) is 1.92. The minimum Gasteiger partial charge on any atom is -0.467 e. The Bertz CT molecular complexity index is 440. The molecule has 1 atom stereocenters. The molecule has 1 saturated carbocycles. The van der Waals surface area contributed by atoms with Gasteiger partial charge in [-0.1, -0.05) is 18.2 Å². The van der Waals surface area contributed by atoms with Gasteiger partial charge in [0.2, 0.25) is 0 Å². The van der Waals surface area contributed by atoms with Crippen molar-refractivity contribution < 1.29 is 14.3 Å². The highest BCUT2D eigenvalue weighted by molar-refractivity contribution is 5.97. The molecule has 0 unspecified atom stereocenters. The maximum absolute atomic E-state index is 12.4. The molecule has 96 valence electrons. The first-order valence-electron chi connectivity index (χ1n) is 6.10. The molecule has 4 heteroatoms. The molecule has 0 N–H and O–H groups in total. The Labute approximate surface area is 107 Å². The van der Waals surface area contributed by atoms with Crippen molar-refractivity contribution >= 4 is 11.9 Å². The maximum atomic E-state index is 12.4. The van der Waals surface area contributed by atoms with Crippen LogP contribution in [0.25, 0.3) is 0 Å². The molecule has 1 aromatic carbocycles. The van der Waals surface area contributed by atoms with Crippen LogP contribution in [-0.2, 0) is 9.53 Å². The van der Waals surface area contributed by atoms with Gasteiger partial charge >= 0.3 is 5.97 Å². The van der Waals surface area contributed by atoms with Crippen molar-refractivity contribution in [3.05, 3.63) is 35.9 Å². The molecular formula is C14H17NO3. The lowest BCUT2D eigenvalue weighted by molar-refractivity contribution is -0.145. The van der Waals surface area contributed by atoms with Crippen LogP contribution in [0.5, 0.6) is 0 Å². The first-order chi connectivity index (χ1) is 8.65. The van der Waals surface area contributed by atoms with Crippen LogP contribution < -0.4 is 0 Å². The summed E-state index contributed by atoms with van der Waals surface area (Å²) in [5.41, 5.74) is 0.611. The summed E-state index contributed by atoms with van der Waals surface area (Å²) < 4.78 is 4.72. The normalized spacial score (nSPS) is 15.9. The van der Waals surface area contributed by atoms with Crippen LogP contribution in [0.2, 0.25) is 0 Å². The smallest absolute Gasteiger partial charge is 0.328 e. The molecule has 0 heterocycles. The lowest BCUT2D eigenvalue weighted by atomic mass is 10.1. The molecule has 0 saturated heterocycles. The molecule has 1 aliphatic carbocycles. The van der Waals surface area contributed by atoms with E-state index in [-0.39, 0.29) is 17.9 Å². The molecule has 2 rings (SSSR count). The fourth-order valence-corrected chi connectivity index (χ4v) is 2.02.